The molecule has 10 nitrogen and oxygen atoms in total. The molecule has 11 heteroatoms. The molecule has 0 N–H and O–H groups in total. The number of ether oxygens (including phenoxy) is 6. The Morgan fingerprint density at radius 2 is 1.46 bits per heavy atom. The number of rotatable bonds is 8. The molecule has 2 amide bonds. The average molecular weight is 533 g/mol. The predicted molar refractivity (Wildman–Crippen MR) is 138 cm³/mol. The first-order chi connectivity index (χ1) is 18.0. The summed E-state index contributed by atoms with van der Waals surface area (Å²) in [5, 5.41) is -0.429. The zero-order valence-corrected chi connectivity index (χ0v) is 22.5. The molecule has 0 bridgehead atoms. The van der Waals surface area contributed by atoms with Crippen molar-refractivity contribution in [3.8, 4) is 28.7 Å². The fourth-order valence-corrected chi connectivity index (χ4v) is 5.97. The normalized spacial score (nSPS) is 19.4. The molecule has 0 spiro atoms. The summed E-state index contributed by atoms with van der Waals surface area (Å²) in [5.41, 5.74) is 1.14. The molecule has 37 heavy (non-hydrogen) atoms. The highest BCUT2D eigenvalue weighted by molar-refractivity contribution is 7.99. The Labute approximate surface area is 220 Å². The van der Waals surface area contributed by atoms with Gasteiger partial charge in [-0.05, 0) is 29.8 Å². The first-order valence-corrected chi connectivity index (χ1v) is 12.8. The van der Waals surface area contributed by atoms with E-state index in [-0.39, 0.29) is 11.8 Å². The topological polar surface area (TPSA) is 96.0 Å². The van der Waals surface area contributed by atoms with Crippen molar-refractivity contribution in [3.05, 3.63) is 41.5 Å². The van der Waals surface area contributed by atoms with Crippen molar-refractivity contribution in [3.63, 3.8) is 0 Å². The highest BCUT2D eigenvalue weighted by Crippen LogP contribution is 2.46. The van der Waals surface area contributed by atoms with Gasteiger partial charge in [-0.3, -0.25) is 9.59 Å². The van der Waals surface area contributed by atoms with Gasteiger partial charge >= 0.3 is 0 Å². The van der Waals surface area contributed by atoms with Gasteiger partial charge in [0.05, 0.1) is 48.8 Å². The second-order valence-electron chi connectivity index (χ2n) is 8.38. The van der Waals surface area contributed by atoms with Gasteiger partial charge in [-0.25, -0.2) is 0 Å². The van der Waals surface area contributed by atoms with Gasteiger partial charge in [0, 0.05) is 24.4 Å². The van der Waals surface area contributed by atoms with Gasteiger partial charge in [0.25, 0.3) is 5.91 Å². The van der Waals surface area contributed by atoms with Gasteiger partial charge in [-0.1, -0.05) is 6.07 Å². The predicted octanol–water partition coefficient (Wildman–Crippen LogP) is 2.84. The van der Waals surface area contributed by atoms with Crippen molar-refractivity contribution in [2.45, 2.75) is 11.4 Å². The molecule has 2 atom stereocenters. The van der Waals surface area contributed by atoms with Crippen LogP contribution < -0.4 is 23.7 Å². The molecule has 2 heterocycles. The zero-order valence-electron chi connectivity index (χ0n) is 21.6. The quantitative estimate of drug-likeness (QED) is 0.509. The lowest BCUT2D eigenvalue weighted by atomic mass is 10.1. The lowest BCUT2D eigenvalue weighted by Gasteiger charge is -2.34. The molecule has 4 rings (SSSR count). The molecular formula is C26H32N2O8S. The van der Waals surface area contributed by atoms with Gasteiger partial charge < -0.3 is 38.2 Å². The van der Waals surface area contributed by atoms with Crippen molar-refractivity contribution in [1.29, 1.82) is 0 Å². The second-order valence-corrected chi connectivity index (χ2v) is 9.49. The van der Waals surface area contributed by atoms with Gasteiger partial charge in [0.15, 0.2) is 23.0 Å². The van der Waals surface area contributed by atoms with Crippen LogP contribution in [0.4, 0.5) is 0 Å². The van der Waals surface area contributed by atoms with Crippen LogP contribution in [0.25, 0.3) is 0 Å². The Morgan fingerprint density at radius 3 is 2.03 bits per heavy atom. The minimum atomic E-state index is -0.659. The van der Waals surface area contributed by atoms with Crippen LogP contribution in [0.5, 0.6) is 28.7 Å². The van der Waals surface area contributed by atoms with E-state index >= 15 is 0 Å². The molecule has 2 fully saturated rings. The fraction of sp³-hybridized carbons (Fsp3) is 0.462. The summed E-state index contributed by atoms with van der Waals surface area (Å²) in [5.74, 6) is 2.25. The number of morpholine rings is 1. The number of thioether (sulfide) groups is 1. The summed E-state index contributed by atoms with van der Waals surface area (Å²) >= 11 is 1.53. The number of methoxy groups -OCH3 is 5. The number of amides is 2. The zero-order chi connectivity index (χ0) is 26.5. The summed E-state index contributed by atoms with van der Waals surface area (Å²) in [6, 6.07) is 8.08. The summed E-state index contributed by atoms with van der Waals surface area (Å²) in [4.78, 5) is 31.2. The smallest absolute Gasteiger partial charge is 0.256 e. The first kappa shape index (κ1) is 26.7. The standard InChI is InChI=1S/C26H32N2O8S/c1-31-19-7-6-16(12-20(19)32-2)26-28(18(15-37-26)25(30)27-8-10-36-11-9-27)24(29)17-13-21(33-3)23(35-5)22(14-17)34-4/h6-7,12-14,18,26H,8-11,15H2,1-5H3. The molecule has 2 aliphatic heterocycles. The highest BCUT2D eigenvalue weighted by Gasteiger charge is 2.44. The maximum absolute atomic E-state index is 14.2. The molecule has 0 aliphatic carbocycles. The van der Waals surface area contributed by atoms with Gasteiger partial charge in [-0.2, -0.15) is 0 Å². The van der Waals surface area contributed by atoms with Crippen molar-refractivity contribution in [1.82, 2.24) is 9.80 Å². The molecule has 2 aromatic rings. The van der Waals surface area contributed by atoms with Crippen LogP contribution in [0, 0.1) is 0 Å². The lowest BCUT2D eigenvalue weighted by molar-refractivity contribution is -0.139. The minimum absolute atomic E-state index is 0.0976. The number of nitrogens with zero attached hydrogens (tertiary/aromatic N) is 2. The SMILES string of the molecule is COc1ccc(C2SCC(C(=O)N3CCOCC3)N2C(=O)c2cc(OC)c(OC)c(OC)c2)cc1OC. The molecule has 2 saturated heterocycles. The van der Waals surface area contributed by atoms with E-state index in [0.717, 1.165) is 5.56 Å². The Kier molecular flexibility index (Phi) is 8.55. The molecule has 2 aromatic carbocycles. The summed E-state index contributed by atoms with van der Waals surface area (Å²) in [6.45, 7) is 1.94. The van der Waals surface area contributed by atoms with Crippen LogP contribution in [0.15, 0.2) is 30.3 Å². The summed E-state index contributed by atoms with van der Waals surface area (Å²) in [6.07, 6.45) is 0. The van der Waals surface area contributed by atoms with Gasteiger partial charge in [-0.15, -0.1) is 11.8 Å². The third-order valence-electron chi connectivity index (χ3n) is 6.45. The van der Waals surface area contributed by atoms with E-state index in [9.17, 15) is 9.59 Å². The molecule has 0 saturated carbocycles. The largest absolute Gasteiger partial charge is 0.493 e. The highest BCUT2D eigenvalue weighted by atomic mass is 32.2. The minimum Gasteiger partial charge on any atom is -0.493 e. The maximum atomic E-state index is 14.2. The number of hydrogen-bond acceptors (Lipinski definition) is 9. The van der Waals surface area contributed by atoms with Crippen LogP contribution in [0.1, 0.15) is 21.3 Å². The van der Waals surface area contributed by atoms with Gasteiger partial charge in [0.2, 0.25) is 11.7 Å². The molecule has 0 aromatic heterocycles. The van der Waals surface area contributed by atoms with Crippen LogP contribution >= 0.6 is 11.8 Å². The number of hydrogen-bond donors (Lipinski definition) is 0. The molecule has 0 radical (unpaired) electrons. The van der Waals surface area contributed by atoms with Crippen molar-refractivity contribution < 1.29 is 38.0 Å². The Bertz CT molecular complexity index is 1110. The summed E-state index contributed by atoms with van der Waals surface area (Å²) < 4.78 is 32.7. The number of carbonyl (C=O) groups is 2. The average Bonchev–Trinajstić information content (AvgIpc) is 3.40. The van der Waals surface area contributed by atoms with E-state index in [1.54, 1.807) is 42.2 Å². The lowest BCUT2D eigenvalue weighted by Crippen LogP contribution is -2.52. The molecule has 2 unspecified atom stereocenters. The van der Waals surface area contributed by atoms with E-state index in [2.05, 4.69) is 0 Å². The third-order valence-corrected chi connectivity index (χ3v) is 7.77. The molecule has 2 aliphatic rings. The molecule has 200 valence electrons. The maximum Gasteiger partial charge on any atom is 0.256 e. The molecular weight excluding hydrogens is 500 g/mol. The summed E-state index contributed by atoms with van der Waals surface area (Å²) in [7, 11) is 7.62. The fourth-order valence-electron chi connectivity index (χ4n) is 4.56. The van der Waals surface area contributed by atoms with E-state index in [1.807, 2.05) is 12.1 Å². The van der Waals surface area contributed by atoms with Crippen molar-refractivity contribution in [2.75, 3.05) is 67.6 Å². The van der Waals surface area contributed by atoms with Crippen LogP contribution in [-0.4, -0.2) is 95.3 Å². The number of benzene rings is 2. The van der Waals surface area contributed by atoms with Crippen LogP contribution in [0.3, 0.4) is 0 Å². The monoisotopic (exact) mass is 532 g/mol. The second kappa shape index (κ2) is 11.8. The van der Waals surface area contributed by atoms with Crippen molar-refractivity contribution in [2.24, 2.45) is 0 Å². The number of carbonyl (C=O) groups excluding carboxylic acids is 2. The third kappa shape index (κ3) is 5.24. The Morgan fingerprint density at radius 1 is 0.838 bits per heavy atom. The van der Waals surface area contributed by atoms with E-state index in [0.29, 0.717) is 66.4 Å². The first-order valence-electron chi connectivity index (χ1n) is 11.8. The van der Waals surface area contributed by atoms with Crippen LogP contribution in [-0.2, 0) is 9.53 Å². The Balaban J connectivity index is 1.77. The van der Waals surface area contributed by atoms with Crippen molar-refractivity contribution >= 4 is 23.6 Å². The van der Waals surface area contributed by atoms with Gasteiger partial charge in [0.1, 0.15) is 11.4 Å². The van der Waals surface area contributed by atoms with Crippen LogP contribution in [0.2, 0.25) is 0 Å². The van der Waals surface area contributed by atoms with E-state index in [4.69, 9.17) is 28.4 Å². The Hall–Kier alpha value is -3.31. The van der Waals surface area contributed by atoms with E-state index < -0.39 is 11.4 Å². The van der Waals surface area contributed by atoms with E-state index in [1.165, 1.54) is 33.1 Å².